The molecule has 0 radical (unpaired) electrons. The molecule has 82 valence electrons. The van der Waals surface area contributed by atoms with Gasteiger partial charge in [0.05, 0.1) is 10.6 Å². The number of hydrogen-bond acceptors (Lipinski definition) is 2. The third-order valence-electron chi connectivity index (χ3n) is 1.65. The van der Waals surface area contributed by atoms with E-state index >= 15 is 0 Å². The summed E-state index contributed by atoms with van der Waals surface area (Å²) in [6, 6.07) is 1.58. The van der Waals surface area contributed by atoms with Gasteiger partial charge in [0.15, 0.2) is 0 Å². The first-order valence-corrected chi connectivity index (χ1v) is 4.41. The average molecular weight is 259 g/mol. The highest BCUT2D eigenvalue weighted by atomic mass is 35.5. The summed E-state index contributed by atoms with van der Waals surface area (Å²) in [7, 11) is -2.10. The summed E-state index contributed by atoms with van der Waals surface area (Å²) in [5, 5.41) is 16.5. The van der Waals surface area contributed by atoms with Crippen molar-refractivity contribution in [1.82, 2.24) is 0 Å². The van der Waals surface area contributed by atoms with Crippen LogP contribution in [-0.4, -0.2) is 17.2 Å². The molecule has 2 N–H and O–H groups in total. The topological polar surface area (TPSA) is 40.5 Å². The van der Waals surface area contributed by atoms with Gasteiger partial charge in [-0.3, -0.25) is 0 Å². The standard InChI is InChI=1S/C7H4BCl2F3O2/c9-3-1-4(7(11,12)13)6(10)5(2-3)8(14)15/h1-2,14-15H. The van der Waals surface area contributed by atoms with Crippen molar-refractivity contribution in [3.05, 3.63) is 27.7 Å². The van der Waals surface area contributed by atoms with E-state index in [-0.39, 0.29) is 5.02 Å². The van der Waals surface area contributed by atoms with Crippen LogP contribution < -0.4 is 5.46 Å². The van der Waals surface area contributed by atoms with Crippen molar-refractivity contribution in [2.24, 2.45) is 0 Å². The Balaban J connectivity index is 3.42. The molecule has 0 aliphatic heterocycles. The fourth-order valence-corrected chi connectivity index (χ4v) is 1.54. The number of rotatable bonds is 1. The monoisotopic (exact) mass is 258 g/mol. The van der Waals surface area contributed by atoms with Gasteiger partial charge in [-0.2, -0.15) is 13.2 Å². The average Bonchev–Trinajstić information content (AvgIpc) is 2.06. The molecule has 1 rings (SSSR count). The van der Waals surface area contributed by atoms with E-state index < -0.39 is 29.3 Å². The summed E-state index contributed by atoms with van der Waals surface area (Å²) < 4.78 is 37.1. The van der Waals surface area contributed by atoms with Crippen LogP contribution in [0.25, 0.3) is 0 Å². The smallest absolute Gasteiger partial charge is 0.423 e. The molecular formula is C7H4BCl2F3O2. The maximum atomic E-state index is 12.4. The summed E-state index contributed by atoms with van der Waals surface area (Å²) in [5.74, 6) is 0. The van der Waals surface area contributed by atoms with E-state index in [0.717, 1.165) is 6.07 Å². The van der Waals surface area contributed by atoms with Gasteiger partial charge in [0, 0.05) is 10.5 Å². The van der Waals surface area contributed by atoms with Gasteiger partial charge in [0.25, 0.3) is 0 Å². The second kappa shape index (κ2) is 4.21. The van der Waals surface area contributed by atoms with E-state index in [1.807, 2.05) is 0 Å². The minimum absolute atomic E-state index is 0.269. The summed E-state index contributed by atoms with van der Waals surface area (Å²) in [5.41, 5.74) is -1.67. The third-order valence-corrected chi connectivity index (χ3v) is 2.29. The van der Waals surface area contributed by atoms with E-state index in [0.29, 0.717) is 6.07 Å². The second-order valence-electron chi connectivity index (χ2n) is 2.73. The Morgan fingerprint density at radius 1 is 1.13 bits per heavy atom. The van der Waals surface area contributed by atoms with Gasteiger partial charge in [-0.25, -0.2) is 0 Å². The fraction of sp³-hybridized carbons (Fsp3) is 0.143. The van der Waals surface area contributed by atoms with Crippen LogP contribution >= 0.6 is 23.2 Å². The zero-order valence-electron chi connectivity index (χ0n) is 7.02. The Kier molecular flexibility index (Phi) is 3.55. The molecular weight excluding hydrogens is 255 g/mol. The molecule has 1 aromatic rings. The largest absolute Gasteiger partial charge is 0.490 e. The summed E-state index contributed by atoms with van der Waals surface area (Å²) in [6.45, 7) is 0. The molecule has 0 aliphatic carbocycles. The molecule has 8 heteroatoms. The molecule has 0 aromatic heterocycles. The Morgan fingerprint density at radius 2 is 1.67 bits per heavy atom. The predicted octanol–water partition coefficient (Wildman–Crippen LogP) is 1.69. The highest BCUT2D eigenvalue weighted by molar-refractivity contribution is 6.63. The SMILES string of the molecule is OB(O)c1cc(Cl)cc(C(F)(F)F)c1Cl. The lowest BCUT2D eigenvalue weighted by atomic mass is 9.79. The minimum Gasteiger partial charge on any atom is -0.423 e. The van der Waals surface area contributed by atoms with Crippen molar-refractivity contribution in [2.45, 2.75) is 6.18 Å². The quantitative estimate of drug-likeness (QED) is 0.753. The first kappa shape index (κ1) is 12.6. The Bertz CT molecular complexity index is 381. The normalized spacial score (nSPS) is 11.7. The number of halogens is 5. The lowest BCUT2D eigenvalue weighted by molar-refractivity contribution is -0.137. The van der Waals surface area contributed by atoms with Gasteiger partial charge < -0.3 is 10.0 Å². The molecule has 0 amide bonds. The van der Waals surface area contributed by atoms with Crippen molar-refractivity contribution in [1.29, 1.82) is 0 Å². The Labute approximate surface area is 93.4 Å². The molecule has 0 bridgehead atoms. The maximum Gasteiger partial charge on any atom is 0.490 e. The van der Waals surface area contributed by atoms with E-state index in [1.54, 1.807) is 0 Å². The molecule has 2 nitrogen and oxygen atoms in total. The van der Waals surface area contributed by atoms with Gasteiger partial charge in [-0.05, 0) is 12.1 Å². The van der Waals surface area contributed by atoms with Gasteiger partial charge >= 0.3 is 13.3 Å². The molecule has 1 aromatic carbocycles. The van der Waals surface area contributed by atoms with Crippen LogP contribution in [0.2, 0.25) is 10.0 Å². The molecule has 0 atom stereocenters. The molecule has 0 saturated heterocycles. The third kappa shape index (κ3) is 2.78. The Hall–Kier alpha value is -0.425. The number of hydrogen-bond donors (Lipinski definition) is 2. The lowest BCUT2D eigenvalue weighted by Crippen LogP contribution is -2.32. The first-order chi connectivity index (χ1) is 6.73. The van der Waals surface area contributed by atoms with E-state index in [4.69, 9.17) is 33.2 Å². The molecule has 0 fully saturated rings. The molecule has 0 saturated carbocycles. The van der Waals surface area contributed by atoms with Crippen LogP contribution in [0.5, 0.6) is 0 Å². The van der Waals surface area contributed by atoms with E-state index in [9.17, 15) is 13.2 Å². The van der Waals surface area contributed by atoms with Crippen LogP contribution in [-0.2, 0) is 6.18 Å². The summed E-state index contributed by atoms with van der Waals surface area (Å²) >= 11 is 10.8. The number of alkyl halides is 3. The maximum absolute atomic E-state index is 12.4. The molecule has 0 aliphatic rings. The lowest BCUT2D eigenvalue weighted by Gasteiger charge is -2.12. The highest BCUT2D eigenvalue weighted by Crippen LogP contribution is 2.35. The summed E-state index contributed by atoms with van der Waals surface area (Å²) in [4.78, 5) is 0. The van der Waals surface area contributed by atoms with Crippen LogP contribution in [0.3, 0.4) is 0 Å². The number of benzene rings is 1. The van der Waals surface area contributed by atoms with Crippen LogP contribution in [0, 0.1) is 0 Å². The van der Waals surface area contributed by atoms with E-state index in [1.165, 1.54) is 0 Å². The zero-order chi connectivity index (χ0) is 11.8. The van der Waals surface area contributed by atoms with Crippen molar-refractivity contribution in [3.63, 3.8) is 0 Å². The van der Waals surface area contributed by atoms with Gasteiger partial charge in [-0.1, -0.05) is 23.2 Å². The predicted molar refractivity (Wildman–Crippen MR) is 51.3 cm³/mol. The van der Waals surface area contributed by atoms with Crippen LogP contribution in [0.4, 0.5) is 13.2 Å². The van der Waals surface area contributed by atoms with Crippen molar-refractivity contribution < 1.29 is 23.2 Å². The van der Waals surface area contributed by atoms with Crippen LogP contribution in [0.1, 0.15) is 5.56 Å². The van der Waals surface area contributed by atoms with E-state index in [2.05, 4.69) is 0 Å². The Morgan fingerprint density at radius 3 is 2.07 bits per heavy atom. The minimum atomic E-state index is -4.69. The second-order valence-corrected chi connectivity index (χ2v) is 3.54. The fourth-order valence-electron chi connectivity index (χ4n) is 1.00. The molecule has 0 unspecified atom stereocenters. The van der Waals surface area contributed by atoms with Gasteiger partial charge in [0.1, 0.15) is 0 Å². The summed E-state index contributed by atoms with van der Waals surface area (Å²) in [6.07, 6.45) is -4.69. The van der Waals surface area contributed by atoms with Gasteiger partial charge in [-0.15, -0.1) is 0 Å². The van der Waals surface area contributed by atoms with Crippen molar-refractivity contribution in [2.75, 3.05) is 0 Å². The first-order valence-electron chi connectivity index (χ1n) is 3.65. The molecule has 0 heterocycles. The zero-order valence-corrected chi connectivity index (χ0v) is 8.53. The van der Waals surface area contributed by atoms with Gasteiger partial charge in [0.2, 0.25) is 0 Å². The molecule has 15 heavy (non-hydrogen) atoms. The van der Waals surface area contributed by atoms with Crippen molar-refractivity contribution in [3.8, 4) is 0 Å². The molecule has 0 spiro atoms. The van der Waals surface area contributed by atoms with Crippen LogP contribution in [0.15, 0.2) is 12.1 Å². The highest BCUT2D eigenvalue weighted by Gasteiger charge is 2.35. The van der Waals surface area contributed by atoms with Crippen molar-refractivity contribution >= 4 is 35.8 Å².